The third kappa shape index (κ3) is 6.08. The Bertz CT molecular complexity index is 1300. The molecule has 1 amide bonds. The molecule has 36 heavy (non-hydrogen) atoms. The number of hydrogen-bond acceptors (Lipinski definition) is 4. The monoisotopic (exact) mass is 505 g/mol. The molecule has 0 unspecified atom stereocenters. The molecule has 0 spiro atoms. The highest BCUT2D eigenvalue weighted by molar-refractivity contribution is 7.92. The van der Waals surface area contributed by atoms with Crippen LogP contribution in [-0.4, -0.2) is 34.0 Å². The van der Waals surface area contributed by atoms with Crippen LogP contribution in [-0.2, 0) is 21.4 Å². The SMILES string of the molecule is Cc1ccc(S(=O)(=O)N(CC(=O)NCc2ccc(N3CCCCC3)cc2)c2ccc(C)cc2C)cc1. The van der Waals surface area contributed by atoms with E-state index < -0.39 is 10.0 Å². The fourth-order valence-electron chi connectivity index (χ4n) is 4.59. The minimum atomic E-state index is -3.94. The van der Waals surface area contributed by atoms with Crippen LogP contribution in [0.5, 0.6) is 0 Å². The number of aryl methyl sites for hydroxylation is 3. The van der Waals surface area contributed by atoms with Crippen molar-refractivity contribution in [2.45, 2.75) is 51.5 Å². The lowest BCUT2D eigenvalue weighted by molar-refractivity contribution is -0.119. The van der Waals surface area contributed by atoms with Gasteiger partial charge in [-0.2, -0.15) is 0 Å². The van der Waals surface area contributed by atoms with Gasteiger partial charge in [0.25, 0.3) is 10.0 Å². The van der Waals surface area contributed by atoms with Crippen molar-refractivity contribution in [2.24, 2.45) is 0 Å². The van der Waals surface area contributed by atoms with E-state index in [1.807, 2.05) is 45.0 Å². The first kappa shape index (κ1) is 25.8. The molecule has 0 radical (unpaired) electrons. The lowest BCUT2D eigenvalue weighted by Crippen LogP contribution is -2.41. The number of nitrogens with one attached hydrogen (secondary N) is 1. The zero-order valence-corrected chi connectivity index (χ0v) is 22.1. The van der Waals surface area contributed by atoms with Crippen LogP contribution in [0.2, 0.25) is 0 Å². The van der Waals surface area contributed by atoms with Crippen LogP contribution in [0.3, 0.4) is 0 Å². The van der Waals surface area contributed by atoms with Gasteiger partial charge in [-0.1, -0.05) is 47.5 Å². The van der Waals surface area contributed by atoms with E-state index in [1.165, 1.54) is 29.3 Å². The van der Waals surface area contributed by atoms with Gasteiger partial charge in [-0.15, -0.1) is 0 Å². The highest BCUT2D eigenvalue weighted by atomic mass is 32.2. The molecule has 1 saturated heterocycles. The topological polar surface area (TPSA) is 69.7 Å². The van der Waals surface area contributed by atoms with Gasteiger partial charge < -0.3 is 10.2 Å². The smallest absolute Gasteiger partial charge is 0.264 e. The molecule has 1 fully saturated rings. The number of amides is 1. The van der Waals surface area contributed by atoms with Gasteiger partial charge in [0.15, 0.2) is 0 Å². The van der Waals surface area contributed by atoms with Gasteiger partial charge in [0, 0.05) is 25.3 Å². The summed E-state index contributed by atoms with van der Waals surface area (Å²) in [5, 5.41) is 2.90. The Morgan fingerprint density at radius 2 is 1.50 bits per heavy atom. The van der Waals surface area contributed by atoms with E-state index in [9.17, 15) is 13.2 Å². The molecule has 0 bridgehead atoms. The summed E-state index contributed by atoms with van der Waals surface area (Å²) in [4.78, 5) is 15.6. The number of benzene rings is 3. The molecule has 0 aromatic heterocycles. The number of anilines is 2. The maximum atomic E-state index is 13.6. The van der Waals surface area contributed by atoms with E-state index >= 15 is 0 Å². The highest BCUT2D eigenvalue weighted by Crippen LogP contribution is 2.28. The molecular weight excluding hydrogens is 470 g/mol. The summed E-state index contributed by atoms with van der Waals surface area (Å²) in [6.07, 6.45) is 3.74. The fourth-order valence-corrected chi connectivity index (χ4v) is 6.07. The largest absolute Gasteiger partial charge is 0.372 e. The molecule has 3 aromatic rings. The van der Waals surface area contributed by atoms with Crippen LogP contribution < -0.4 is 14.5 Å². The second-order valence-corrected chi connectivity index (χ2v) is 11.5. The highest BCUT2D eigenvalue weighted by Gasteiger charge is 2.28. The van der Waals surface area contributed by atoms with Crippen molar-refractivity contribution in [3.63, 3.8) is 0 Å². The van der Waals surface area contributed by atoms with Crippen molar-refractivity contribution in [2.75, 3.05) is 28.8 Å². The normalized spacial score (nSPS) is 13.9. The lowest BCUT2D eigenvalue weighted by Gasteiger charge is -2.29. The molecule has 0 atom stereocenters. The predicted molar refractivity (Wildman–Crippen MR) is 146 cm³/mol. The van der Waals surface area contributed by atoms with Crippen LogP contribution in [0.4, 0.5) is 11.4 Å². The molecule has 4 rings (SSSR count). The van der Waals surface area contributed by atoms with Crippen molar-refractivity contribution in [3.05, 3.63) is 89.0 Å². The number of carbonyl (C=O) groups excluding carboxylic acids is 1. The molecule has 3 aromatic carbocycles. The summed E-state index contributed by atoms with van der Waals surface area (Å²) in [7, 11) is -3.94. The summed E-state index contributed by atoms with van der Waals surface area (Å²) in [5.41, 5.74) is 5.48. The van der Waals surface area contributed by atoms with E-state index in [4.69, 9.17) is 0 Å². The second kappa shape index (κ2) is 11.2. The van der Waals surface area contributed by atoms with Gasteiger partial charge in [0.1, 0.15) is 6.54 Å². The third-order valence-corrected chi connectivity index (χ3v) is 8.44. The molecule has 1 aliphatic heterocycles. The first-order chi connectivity index (χ1) is 17.2. The van der Waals surface area contributed by atoms with Crippen molar-refractivity contribution in [3.8, 4) is 0 Å². The van der Waals surface area contributed by atoms with Gasteiger partial charge in [-0.25, -0.2) is 8.42 Å². The quantitative estimate of drug-likeness (QED) is 0.462. The Morgan fingerprint density at radius 1 is 0.861 bits per heavy atom. The number of piperidine rings is 1. The van der Waals surface area contributed by atoms with Crippen molar-refractivity contribution < 1.29 is 13.2 Å². The Hall–Kier alpha value is -3.32. The number of rotatable bonds is 8. The number of sulfonamides is 1. The van der Waals surface area contributed by atoms with Gasteiger partial charge >= 0.3 is 0 Å². The fraction of sp³-hybridized carbons (Fsp3) is 0.345. The summed E-state index contributed by atoms with van der Waals surface area (Å²) in [6, 6.07) is 20.5. The molecule has 190 valence electrons. The van der Waals surface area contributed by atoms with Gasteiger partial charge in [0.05, 0.1) is 10.6 Å². The van der Waals surface area contributed by atoms with Gasteiger partial charge in [0.2, 0.25) is 5.91 Å². The Kier molecular flexibility index (Phi) is 7.99. The van der Waals surface area contributed by atoms with Crippen molar-refractivity contribution in [1.82, 2.24) is 5.32 Å². The Balaban J connectivity index is 1.49. The molecule has 6 nitrogen and oxygen atoms in total. The standard InChI is InChI=1S/C29H35N3O3S/c1-22-7-14-27(15-8-22)36(34,35)32(28-16-9-23(2)19-24(28)3)21-29(33)30-20-25-10-12-26(13-11-25)31-17-5-4-6-18-31/h7-16,19H,4-6,17-18,20-21H2,1-3H3,(H,30,33). The van der Waals surface area contributed by atoms with Crippen molar-refractivity contribution in [1.29, 1.82) is 0 Å². The van der Waals surface area contributed by atoms with E-state index in [-0.39, 0.29) is 17.3 Å². The summed E-state index contributed by atoms with van der Waals surface area (Å²) in [5.74, 6) is -0.356. The van der Waals surface area contributed by atoms with Crippen LogP contribution in [0.25, 0.3) is 0 Å². The van der Waals surface area contributed by atoms with E-state index in [0.717, 1.165) is 35.3 Å². The summed E-state index contributed by atoms with van der Waals surface area (Å²) in [6.45, 7) is 7.93. The minimum Gasteiger partial charge on any atom is -0.372 e. The maximum absolute atomic E-state index is 13.6. The first-order valence-electron chi connectivity index (χ1n) is 12.5. The molecule has 0 aliphatic carbocycles. The van der Waals surface area contributed by atoms with Crippen molar-refractivity contribution >= 4 is 27.3 Å². The van der Waals surface area contributed by atoms with Crippen LogP contribution in [0, 0.1) is 20.8 Å². The zero-order valence-electron chi connectivity index (χ0n) is 21.3. The average Bonchev–Trinajstić information content (AvgIpc) is 2.87. The van der Waals surface area contributed by atoms with E-state index in [0.29, 0.717) is 12.2 Å². The maximum Gasteiger partial charge on any atom is 0.264 e. The van der Waals surface area contributed by atoms with E-state index in [1.54, 1.807) is 30.3 Å². The Morgan fingerprint density at radius 3 is 2.14 bits per heavy atom. The summed E-state index contributed by atoms with van der Waals surface area (Å²) >= 11 is 0. The molecular formula is C29H35N3O3S. The number of nitrogens with zero attached hydrogens (tertiary/aromatic N) is 2. The van der Waals surface area contributed by atoms with Gasteiger partial charge in [-0.3, -0.25) is 9.10 Å². The number of hydrogen-bond donors (Lipinski definition) is 1. The average molecular weight is 506 g/mol. The molecule has 0 saturated carbocycles. The van der Waals surface area contributed by atoms with Crippen LogP contribution in [0.1, 0.15) is 41.5 Å². The first-order valence-corrected chi connectivity index (χ1v) is 14.0. The summed E-state index contributed by atoms with van der Waals surface area (Å²) < 4.78 is 28.4. The Labute approximate surface area is 215 Å². The minimum absolute atomic E-state index is 0.161. The number of carbonyl (C=O) groups is 1. The third-order valence-electron chi connectivity index (χ3n) is 6.66. The second-order valence-electron chi connectivity index (χ2n) is 9.61. The molecule has 1 aliphatic rings. The zero-order chi connectivity index (χ0) is 25.7. The predicted octanol–water partition coefficient (Wildman–Crippen LogP) is 5.11. The van der Waals surface area contributed by atoms with Crippen LogP contribution >= 0.6 is 0 Å². The van der Waals surface area contributed by atoms with Gasteiger partial charge in [-0.05, 0) is 81.5 Å². The van der Waals surface area contributed by atoms with Crippen LogP contribution in [0.15, 0.2) is 71.6 Å². The molecule has 1 heterocycles. The lowest BCUT2D eigenvalue weighted by atomic mass is 10.1. The van der Waals surface area contributed by atoms with E-state index in [2.05, 4.69) is 22.3 Å². The molecule has 1 N–H and O–H groups in total. The molecule has 7 heteroatoms.